The summed E-state index contributed by atoms with van der Waals surface area (Å²) >= 11 is 1.52. The molecule has 0 spiro atoms. The summed E-state index contributed by atoms with van der Waals surface area (Å²) < 4.78 is 8.97. The lowest BCUT2D eigenvalue weighted by atomic mass is 9.87. The van der Waals surface area contributed by atoms with Crippen LogP contribution in [0, 0.1) is 25.2 Å². The lowest BCUT2D eigenvalue weighted by molar-refractivity contribution is 0.463. The van der Waals surface area contributed by atoms with E-state index in [1.54, 1.807) is 4.68 Å². The fourth-order valence-corrected chi connectivity index (χ4v) is 5.48. The van der Waals surface area contributed by atoms with Gasteiger partial charge >= 0.3 is 0 Å². The van der Waals surface area contributed by atoms with Gasteiger partial charge in [-0.3, -0.25) is 0 Å². The Morgan fingerprint density at radius 3 is 2.31 bits per heavy atom. The number of nitrogens with one attached hydrogen (secondary N) is 1. The molecule has 0 saturated carbocycles. The van der Waals surface area contributed by atoms with Crippen molar-refractivity contribution in [3.63, 3.8) is 0 Å². The first kappa shape index (κ1) is 27.1. The zero-order chi connectivity index (χ0) is 29.4. The van der Waals surface area contributed by atoms with Crippen LogP contribution in [0.3, 0.4) is 0 Å². The molecule has 0 fully saturated rings. The standard InChI is InChI=1S/C33H29N7OS/c1-20-16-22(18-34)17-21(2)29(20)41-31-30-27(14-15-42-30)36-32(37-31)35-25-10-6-23(7-11-25)28-19-40(39-38-28)26-12-8-24(9-13-26)33(3,4)5/h6-17,19H,1-5H3,(H,35,36,37). The number of hydrogen-bond donors (Lipinski definition) is 1. The number of aryl methyl sites for hydroxylation is 2. The van der Waals surface area contributed by atoms with Crippen molar-refractivity contribution in [2.45, 2.75) is 40.0 Å². The molecule has 0 unspecified atom stereocenters. The van der Waals surface area contributed by atoms with Crippen molar-refractivity contribution in [2.24, 2.45) is 0 Å². The average molecular weight is 572 g/mol. The van der Waals surface area contributed by atoms with Crippen LogP contribution in [0.25, 0.3) is 27.2 Å². The Balaban J connectivity index is 1.22. The zero-order valence-corrected chi connectivity index (χ0v) is 24.8. The van der Waals surface area contributed by atoms with Crippen molar-refractivity contribution < 1.29 is 4.74 Å². The maximum absolute atomic E-state index is 9.29. The highest BCUT2D eigenvalue weighted by Crippen LogP contribution is 2.36. The second-order valence-electron chi connectivity index (χ2n) is 11.2. The molecule has 0 aliphatic heterocycles. The molecule has 6 aromatic rings. The van der Waals surface area contributed by atoms with Crippen LogP contribution in [0.15, 0.2) is 78.3 Å². The Morgan fingerprint density at radius 2 is 1.64 bits per heavy atom. The van der Waals surface area contributed by atoms with Gasteiger partial charge in [0, 0.05) is 11.3 Å². The molecular weight excluding hydrogens is 542 g/mol. The van der Waals surface area contributed by atoms with Gasteiger partial charge in [0.25, 0.3) is 0 Å². The van der Waals surface area contributed by atoms with Gasteiger partial charge in [0.15, 0.2) is 0 Å². The van der Waals surface area contributed by atoms with Crippen molar-refractivity contribution in [2.75, 3.05) is 5.32 Å². The molecule has 0 amide bonds. The molecule has 1 N–H and O–H groups in total. The van der Waals surface area contributed by atoms with E-state index in [2.05, 4.69) is 71.7 Å². The Bertz CT molecular complexity index is 1920. The molecule has 3 heterocycles. The first-order chi connectivity index (χ1) is 20.2. The third-order valence-corrected chi connectivity index (χ3v) is 7.88. The van der Waals surface area contributed by atoms with E-state index < -0.39 is 0 Å². The number of nitriles is 1. The smallest absolute Gasteiger partial charge is 0.242 e. The van der Waals surface area contributed by atoms with Gasteiger partial charge in [0.1, 0.15) is 16.1 Å². The van der Waals surface area contributed by atoms with Crippen LogP contribution in [0.2, 0.25) is 0 Å². The summed E-state index contributed by atoms with van der Waals surface area (Å²) in [5, 5.41) is 23.3. The first-order valence-corrected chi connectivity index (χ1v) is 14.4. The summed E-state index contributed by atoms with van der Waals surface area (Å²) in [5.74, 6) is 1.59. The van der Waals surface area contributed by atoms with E-state index in [0.717, 1.165) is 44.0 Å². The van der Waals surface area contributed by atoms with Crippen molar-refractivity contribution >= 4 is 33.2 Å². The number of ether oxygens (including phenoxy) is 1. The Kier molecular flexibility index (Phi) is 6.93. The van der Waals surface area contributed by atoms with Crippen LogP contribution in [0.1, 0.15) is 43.0 Å². The maximum atomic E-state index is 9.29. The summed E-state index contributed by atoms with van der Waals surface area (Å²) in [6.45, 7) is 10.5. The normalized spacial score (nSPS) is 11.4. The number of fused-ring (bicyclic) bond motifs is 1. The summed E-state index contributed by atoms with van der Waals surface area (Å²) in [4.78, 5) is 9.39. The van der Waals surface area contributed by atoms with E-state index in [1.165, 1.54) is 16.9 Å². The van der Waals surface area contributed by atoms with Gasteiger partial charge in [-0.05, 0) is 83.8 Å². The lowest BCUT2D eigenvalue weighted by Gasteiger charge is -2.18. The number of hydrogen-bond acceptors (Lipinski definition) is 8. The first-order valence-electron chi connectivity index (χ1n) is 13.5. The lowest BCUT2D eigenvalue weighted by Crippen LogP contribution is -2.10. The van der Waals surface area contributed by atoms with Crippen LogP contribution in [0.4, 0.5) is 11.6 Å². The SMILES string of the molecule is Cc1cc(C#N)cc(C)c1Oc1nc(Nc2ccc(-c3cn(-c4ccc(C(C)(C)C)cc4)nn3)cc2)nc2ccsc12. The minimum absolute atomic E-state index is 0.0972. The van der Waals surface area contributed by atoms with Crippen LogP contribution in [-0.4, -0.2) is 25.0 Å². The van der Waals surface area contributed by atoms with Crippen molar-refractivity contribution in [1.82, 2.24) is 25.0 Å². The number of nitrogens with zero attached hydrogens (tertiary/aromatic N) is 6. The molecule has 208 valence electrons. The number of thiophene rings is 1. The molecular formula is C33H29N7OS. The summed E-state index contributed by atoms with van der Waals surface area (Å²) in [5.41, 5.74) is 8.03. The molecule has 6 rings (SSSR count). The van der Waals surface area contributed by atoms with Gasteiger partial charge in [0.05, 0.1) is 29.0 Å². The highest BCUT2D eigenvalue weighted by molar-refractivity contribution is 7.17. The highest BCUT2D eigenvalue weighted by atomic mass is 32.1. The minimum Gasteiger partial charge on any atom is -0.437 e. The quantitative estimate of drug-likeness (QED) is 0.215. The third-order valence-electron chi connectivity index (χ3n) is 6.99. The number of benzene rings is 3. The van der Waals surface area contributed by atoms with Crippen LogP contribution in [-0.2, 0) is 5.41 Å². The molecule has 0 atom stereocenters. The molecule has 0 saturated heterocycles. The molecule has 9 heteroatoms. The van der Waals surface area contributed by atoms with E-state index in [4.69, 9.17) is 9.72 Å². The van der Waals surface area contributed by atoms with Gasteiger partial charge in [-0.15, -0.1) is 16.4 Å². The van der Waals surface area contributed by atoms with Crippen LogP contribution in [0.5, 0.6) is 11.6 Å². The molecule has 0 radical (unpaired) electrons. The molecule has 8 nitrogen and oxygen atoms in total. The van der Waals surface area contributed by atoms with Crippen molar-refractivity contribution in [3.05, 3.63) is 101 Å². The Morgan fingerprint density at radius 1 is 0.929 bits per heavy atom. The predicted molar refractivity (Wildman–Crippen MR) is 167 cm³/mol. The van der Waals surface area contributed by atoms with E-state index in [1.807, 2.05) is 67.9 Å². The summed E-state index contributed by atoms with van der Waals surface area (Å²) in [6.07, 6.45) is 1.93. The van der Waals surface area contributed by atoms with Gasteiger partial charge in [-0.1, -0.05) is 50.3 Å². The van der Waals surface area contributed by atoms with E-state index in [9.17, 15) is 5.26 Å². The second-order valence-corrected chi connectivity index (χ2v) is 12.1. The largest absolute Gasteiger partial charge is 0.437 e. The van der Waals surface area contributed by atoms with Crippen LogP contribution < -0.4 is 10.1 Å². The molecule has 0 aliphatic carbocycles. The average Bonchev–Trinajstić information content (AvgIpc) is 3.65. The van der Waals surface area contributed by atoms with E-state index in [-0.39, 0.29) is 5.41 Å². The number of aromatic nitrogens is 5. The van der Waals surface area contributed by atoms with Crippen LogP contribution >= 0.6 is 11.3 Å². The van der Waals surface area contributed by atoms with Gasteiger partial charge in [0.2, 0.25) is 11.8 Å². The van der Waals surface area contributed by atoms with E-state index >= 15 is 0 Å². The fourth-order valence-electron chi connectivity index (χ4n) is 4.72. The second kappa shape index (κ2) is 10.7. The summed E-state index contributed by atoms with van der Waals surface area (Å²) in [7, 11) is 0. The third kappa shape index (κ3) is 5.45. The zero-order valence-electron chi connectivity index (χ0n) is 24.0. The molecule has 0 bridgehead atoms. The van der Waals surface area contributed by atoms with Gasteiger partial charge in [-0.25, -0.2) is 9.67 Å². The summed E-state index contributed by atoms with van der Waals surface area (Å²) in [6, 6.07) is 24.1. The van der Waals surface area contributed by atoms with Crippen molar-refractivity contribution in [3.8, 4) is 34.6 Å². The maximum Gasteiger partial charge on any atom is 0.242 e. The molecule has 42 heavy (non-hydrogen) atoms. The number of anilines is 2. The van der Waals surface area contributed by atoms with E-state index in [0.29, 0.717) is 23.1 Å². The van der Waals surface area contributed by atoms with Gasteiger partial charge in [-0.2, -0.15) is 10.2 Å². The monoisotopic (exact) mass is 571 g/mol. The molecule has 3 aromatic carbocycles. The highest BCUT2D eigenvalue weighted by Gasteiger charge is 2.16. The predicted octanol–water partition coefficient (Wildman–Crippen LogP) is 8.26. The minimum atomic E-state index is 0.0972. The van der Waals surface area contributed by atoms with Crippen molar-refractivity contribution in [1.29, 1.82) is 5.26 Å². The Hall–Kier alpha value is -5.07. The fraction of sp³-hybridized carbons (Fsp3) is 0.182. The number of rotatable bonds is 6. The van der Waals surface area contributed by atoms with Gasteiger partial charge < -0.3 is 10.1 Å². The molecule has 0 aliphatic rings. The Labute approximate surface area is 248 Å². The topological polar surface area (TPSA) is 102 Å². The molecule has 3 aromatic heterocycles.